The molecular formula is C14H16FN5O6S2. The Morgan fingerprint density at radius 3 is 2.71 bits per heavy atom. The zero-order valence-electron chi connectivity index (χ0n) is 14.8. The molecule has 3 rings (SSSR count). The van der Waals surface area contributed by atoms with Crippen molar-refractivity contribution in [3.63, 3.8) is 0 Å². The lowest BCUT2D eigenvalue weighted by Crippen LogP contribution is -2.37. The van der Waals surface area contributed by atoms with Gasteiger partial charge >= 0.3 is 12.0 Å². The summed E-state index contributed by atoms with van der Waals surface area (Å²) < 4.78 is 55.8. The Bertz CT molecular complexity index is 976. The van der Waals surface area contributed by atoms with E-state index in [9.17, 15) is 17.6 Å². The molecule has 152 valence electrons. The SMILES string of the molecule is COc1nc(C)nc(NC(=O)NS(=O)(=O)c2sccc2C2(CF)OCCO2)n1. The zero-order chi connectivity index (χ0) is 20.4. The number of methoxy groups -OCH3 is 1. The van der Waals surface area contributed by atoms with E-state index in [4.69, 9.17) is 14.2 Å². The molecule has 0 aromatic carbocycles. The molecule has 1 saturated heterocycles. The summed E-state index contributed by atoms with van der Waals surface area (Å²) in [4.78, 5) is 23.6. The lowest BCUT2D eigenvalue weighted by Gasteiger charge is -2.24. The highest BCUT2D eigenvalue weighted by Crippen LogP contribution is 2.38. The van der Waals surface area contributed by atoms with Gasteiger partial charge in [0.25, 0.3) is 10.0 Å². The number of rotatable bonds is 6. The molecule has 2 aromatic rings. The summed E-state index contributed by atoms with van der Waals surface area (Å²) in [6.45, 7) is 0.698. The van der Waals surface area contributed by atoms with Crippen molar-refractivity contribution in [2.75, 3.05) is 32.3 Å². The first-order valence-corrected chi connectivity index (χ1v) is 10.2. The number of hydrogen-bond acceptors (Lipinski definition) is 10. The molecular weight excluding hydrogens is 417 g/mol. The van der Waals surface area contributed by atoms with Crippen molar-refractivity contribution in [3.05, 3.63) is 22.8 Å². The maximum absolute atomic E-state index is 13.6. The van der Waals surface area contributed by atoms with Gasteiger partial charge in [0.1, 0.15) is 16.7 Å². The Balaban J connectivity index is 1.80. The van der Waals surface area contributed by atoms with Gasteiger partial charge in [0.15, 0.2) is 0 Å². The summed E-state index contributed by atoms with van der Waals surface area (Å²) in [6, 6.07) is 0.212. The molecule has 0 bridgehead atoms. The molecule has 1 aliphatic heterocycles. The van der Waals surface area contributed by atoms with Gasteiger partial charge in [-0.15, -0.1) is 11.3 Å². The Kier molecular flexibility index (Phi) is 5.74. The van der Waals surface area contributed by atoms with Crippen LogP contribution in [0.15, 0.2) is 15.7 Å². The van der Waals surface area contributed by atoms with Crippen molar-refractivity contribution in [3.8, 4) is 6.01 Å². The van der Waals surface area contributed by atoms with E-state index in [2.05, 4.69) is 20.3 Å². The van der Waals surface area contributed by atoms with Crippen LogP contribution >= 0.6 is 11.3 Å². The second-order valence-electron chi connectivity index (χ2n) is 5.46. The average molecular weight is 433 g/mol. The third-order valence-electron chi connectivity index (χ3n) is 3.58. The number of alkyl halides is 1. The van der Waals surface area contributed by atoms with Crippen molar-refractivity contribution < 1.29 is 31.8 Å². The second kappa shape index (κ2) is 7.90. The maximum Gasteiger partial charge on any atom is 0.335 e. The summed E-state index contributed by atoms with van der Waals surface area (Å²) in [5.74, 6) is -1.75. The van der Waals surface area contributed by atoms with Gasteiger partial charge in [0.05, 0.1) is 20.3 Å². The first kappa shape index (κ1) is 20.3. The van der Waals surface area contributed by atoms with Crippen molar-refractivity contribution in [1.29, 1.82) is 0 Å². The fourth-order valence-electron chi connectivity index (χ4n) is 2.45. The number of hydrogen-bond donors (Lipinski definition) is 2. The van der Waals surface area contributed by atoms with E-state index in [0.29, 0.717) is 0 Å². The molecule has 0 spiro atoms. The number of halogens is 1. The van der Waals surface area contributed by atoms with Gasteiger partial charge in [-0.3, -0.25) is 5.32 Å². The molecule has 2 amide bonds. The van der Waals surface area contributed by atoms with Crippen LogP contribution in [-0.2, 0) is 25.3 Å². The minimum absolute atomic E-state index is 0.0181. The number of aryl methyl sites for hydroxylation is 1. The number of nitrogens with zero attached hydrogens (tertiary/aromatic N) is 3. The summed E-state index contributed by atoms with van der Waals surface area (Å²) in [5, 5.41) is 3.62. The van der Waals surface area contributed by atoms with Crippen LogP contribution in [0.1, 0.15) is 11.4 Å². The molecule has 0 aliphatic carbocycles. The van der Waals surface area contributed by atoms with Crippen LogP contribution in [-0.4, -0.2) is 56.4 Å². The molecule has 1 aliphatic rings. The highest BCUT2D eigenvalue weighted by Gasteiger charge is 2.44. The first-order valence-electron chi connectivity index (χ1n) is 7.82. The molecule has 14 heteroatoms. The zero-order valence-corrected chi connectivity index (χ0v) is 16.4. The normalized spacial score (nSPS) is 16.0. The van der Waals surface area contributed by atoms with Crippen LogP contribution in [0.25, 0.3) is 0 Å². The number of ether oxygens (including phenoxy) is 3. The molecule has 1 fully saturated rings. The molecule has 3 heterocycles. The molecule has 0 saturated carbocycles. The van der Waals surface area contributed by atoms with Gasteiger partial charge < -0.3 is 14.2 Å². The summed E-state index contributed by atoms with van der Waals surface area (Å²) in [7, 11) is -3.02. The molecule has 0 unspecified atom stereocenters. The number of thiophene rings is 1. The summed E-state index contributed by atoms with van der Waals surface area (Å²) in [5.41, 5.74) is -0.0181. The first-order chi connectivity index (χ1) is 13.3. The molecule has 0 atom stereocenters. The number of nitrogens with one attached hydrogen (secondary N) is 2. The van der Waals surface area contributed by atoms with E-state index in [1.807, 2.05) is 4.72 Å². The maximum atomic E-state index is 13.6. The van der Waals surface area contributed by atoms with Crippen LogP contribution in [0.2, 0.25) is 0 Å². The Morgan fingerprint density at radius 2 is 2.07 bits per heavy atom. The molecule has 28 heavy (non-hydrogen) atoms. The fraction of sp³-hybridized carbons (Fsp3) is 0.429. The number of sulfonamides is 1. The van der Waals surface area contributed by atoms with E-state index in [0.717, 1.165) is 11.3 Å². The minimum atomic E-state index is -4.35. The molecule has 0 radical (unpaired) electrons. The van der Waals surface area contributed by atoms with Crippen LogP contribution in [0.5, 0.6) is 6.01 Å². The van der Waals surface area contributed by atoms with E-state index in [-0.39, 0.29) is 40.8 Å². The predicted octanol–water partition coefficient (Wildman–Crippen LogP) is 0.930. The number of urea groups is 1. The molecule has 11 nitrogen and oxygen atoms in total. The minimum Gasteiger partial charge on any atom is -0.467 e. The lowest BCUT2D eigenvalue weighted by atomic mass is 10.1. The summed E-state index contributed by atoms with van der Waals surface area (Å²) in [6.07, 6.45) is 0. The van der Waals surface area contributed by atoms with Crippen molar-refractivity contribution >= 4 is 33.3 Å². The van der Waals surface area contributed by atoms with Gasteiger partial charge in [0.2, 0.25) is 11.7 Å². The van der Waals surface area contributed by atoms with E-state index in [1.54, 1.807) is 6.92 Å². The Hall–Kier alpha value is -2.42. The fourth-order valence-corrected chi connectivity index (χ4v) is 4.82. The highest BCUT2D eigenvalue weighted by molar-refractivity contribution is 7.92. The van der Waals surface area contributed by atoms with E-state index < -0.39 is 28.5 Å². The number of aromatic nitrogens is 3. The number of anilines is 1. The van der Waals surface area contributed by atoms with Crippen LogP contribution in [0, 0.1) is 6.92 Å². The second-order valence-corrected chi connectivity index (χ2v) is 8.25. The van der Waals surface area contributed by atoms with Crippen LogP contribution < -0.4 is 14.8 Å². The Morgan fingerprint density at radius 1 is 1.36 bits per heavy atom. The van der Waals surface area contributed by atoms with Gasteiger partial charge in [-0.2, -0.15) is 15.0 Å². The summed E-state index contributed by atoms with van der Waals surface area (Å²) >= 11 is 0.796. The third kappa shape index (κ3) is 4.04. The predicted molar refractivity (Wildman–Crippen MR) is 94.3 cm³/mol. The highest BCUT2D eigenvalue weighted by atomic mass is 32.2. The molecule has 2 N–H and O–H groups in total. The number of amides is 2. The number of carbonyl (C=O) groups excluding carboxylic acids is 1. The number of carbonyl (C=O) groups is 1. The standard InChI is InChI=1S/C14H16FN5O6S2/c1-8-16-11(19-13(17-8)24-2)18-12(21)20-28(22,23)10-9(3-6-27-10)14(7-15)25-4-5-26-14/h3,6H,4-5,7H2,1-2H3,(H2,16,17,18,19,20,21). The van der Waals surface area contributed by atoms with Gasteiger partial charge in [-0.05, 0) is 18.4 Å². The topological polar surface area (TPSA) is 142 Å². The average Bonchev–Trinajstić information content (AvgIpc) is 3.30. The van der Waals surface area contributed by atoms with Gasteiger partial charge in [-0.25, -0.2) is 22.3 Å². The van der Waals surface area contributed by atoms with E-state index in [1.165, 1.54) is 18.6 Å². The monoisotopic (exact) mass is 433 g/mol. The third-order valence-corrected chi connectivity index (χ3v) is 6.39. The van der Waals surface area contributed by atoms with Crippen LogP contribution in [0.3, 0.4) is 0 Å². The largest absolute Gasteiger partial charge is 0.467 e. The van der Waals surface area contributed by atoms with Crippen molar-refractivity contribution in [1.82, 2.24) is 19.7 Å². The Labute approximate surface area is 163 Å². The quantitative estimate of drug-likeness (QED) is 0.680. The van der Waals surface area contributed by atoms with Gasteiger partial charge in [0, 0.05) is 5.56 Å². The van der Waals surface area contributed by atoms with Crippen molar-refractivity contribution in [2.24, 2.45) is 0 Å². The van der Waals surface area contributed by atoms with Gasteiger partial charge in [-0.1, -0.05) is 0 Å². The van der Waals surface area contributed by atoms with Crippen LogP contribution in [0.4, 0.5) is 15.1 Å². The van der Waals surface area contributed by atoms with Crippen molar-refractivity contribution in [2.45, 2.75) is 16.9 Å². The van der Waals surface area contributed by atoms with E-state index >= 15 is 0 Å². The molecule has 2 aromatic heterocycles. The smallest absolute Gasteiger partial charge is 0.335 e. The lowest BCUT2D eigenvalue weighted by molar-refractivity contribution is -0.178.